The van der Waals surface area contributed by atoms with Crippen LogP contribution >= 0.6 is 0 Å². The molecule has 1 heterocycles. The SMILES string of the molecule is COC(=O)c1[nH][nH]c(=O)c(=O)c1C(=O)c1ccc(C)cc1. The second-order valence-electron chi connectivity index (χ2n) is 4.34. The molecule has 0 atom stereocenters. The van der Waals surface area contributed by atoms with Crippen LogP contribution in [0.5, 0.6) is 0 Å². The third-order valence-corrected chi connectivity index (χ3v) is 2.91. The number of aryl methyl sites for hydroxylation is 1. The van der Waals surface area contributed by atoms with Gasteiger partial charge in [0.2, 0.25) is 0 Å². The second kappa shape index (κ2) is 5.58. The van der Waals surface area contributed by atoms with Crippen LogP contribution in [0.25, 0.3) is 0 Å². The van der Waals surface area contributed by atoms with Crippen LogP contribution in [-0.2, 0) is 4.74 Å². The third kappa shape index (κ3) is 2.66. The van der Waals surface area contributed by atoms with Crippen LogP contribution in [0.1, 0.15) is 32.0 Å². The number of methoxy groups -OCH3 is 1. The van der Waals surface area contributed by atoms with Gasteiger partial charge in [-0.3, -0.25) is 24.6 Å². The quantitative estimate of drug-likeness (QED) is 0.482. The van der Waals surface area contributed by atoms with E-state index in [1.165, 1.54) is 12.1 Å². The number of nitrogens with one attached hydrogen (secondary N) is 2. The Balaban J connectivity index is 2.67. The molecule has 0 aliphatic carbocycles. The van der Waals surface area contributed by atoms with Crippen LogP contribution < -0.4 is 11.0 Å². The van der Waals surface area contributed by atoms with Crippen LogP contribution in [0.3, 0.4) is 0 Å². The number of ketones is 1. The summed E-state index contributed by atoms with van der Waals surface area (Å²) in [5.41, 5.74) is -1.89. The van der Waals surface area contributed by atoms with E-state index in [0.29, 0.717) is 0 Å². The maximum atomic E-state index is 12.4. The Morgan fingerprint density at radius 2 is 1.67 bits per heavy atom. The van der Waals surface area contributed by atoms with E-state index in [9.17, 15) is 19.2 Å². The monoisotopic (exact) mass is 288 g/mol. The molecule has 0 aliphatic rings. The zero-order chi connectivity index (χ0) is 15.6. The van der Waals surface area contributed by atoms with Crippen molar-refractivity contribution in [1.82, 2.24) is 10.2 Å². The summed E-state index contributed by atoms with van der Waals surface area (Å²) in [4.78, 5) is 47.3. The van der Waals surface area contributed by atoms with Gasteiger partial charge in [0.05, 0.1) is 7.11 Å². The largest absolute Gasteiger partial charge is 0.464 e. The summed E-state index contributed by atoms with van der Waals surface area (Å²) < 4.78 is 4.49. The molecule has 2 aromatic rings. The fraction of sp³-hybridized carbons (Fsp3) is 0.143. The van der Waals surface area contributed by atoms with E-state index in [1.807, 2.05) is 12.0 Å². The number of hydrogen-bond acceptors (Lipinski definition) is 5. The molecule has 21 heavy (non-hydrogen) atoms. The summed E-state index contributed by atoms with van der Waals surface area (Å²) in [7, 11) is 1.10. The number of esters is 1. The molecule has 0 unspecified atom stereocenters. The van der Waals surface area contributed by atoms with Crippen molar-refractivity contribution in [2.45, 2.75) is 6.92 Å². The van der Waals surface area contributed by atoms with E-state index in [4.69, 9.17) is 0 Å². The van der Waals surface area contributed by atoms with E-state index in [1.54, 1.807) is 12.1 Å². The maximum absolute atomic E-state index is 12.4. The van der Waals surface area contributed by atoms with Gasteiger partial charge in [0.25, 0.3) is 5.43 Å². The average Bonchev–Trinajstić information content (AvgIpc) is 2.49. The highest BCUT2D eigenvalue weighted by molar-refractivity contribution is 6.13. The summed E-state index contributed by atoms with van der Waals surface area (Å²) in [5.74, 6) is -1.64. The maximum Gasteiger partial charge on any atom is 0.356 e. The molecule has 2 N–H and O–H groups in total. The molecule has 0 fully saturated rings. The summed E-state index contributed by atoms with van der Waals surface area (Å²) >= 11 is 0. The molecule has 2 rings (SSSR count). The lowest BCUT2D eigenvalue weighted by atomic mass is 10.0. The van der Waals surface area contributed by atoms with Crippen molar-refractivity contribution in [2.75, 3.05) is 7.11 Å². The van der Waals surface area contributed by atoms with E-state index in [-0.39, 0.29) is 11.3 Å². The second-order valence-corrected chi connectivity index (χ2v) is 4.34. The molecule has 0 radical (unpaired) electrons. The highest BCUT2D eigenvalue weighted by atomic mass is 16.5. The predicted molar refractivity (Wildman–Crippen MR) is 73.6 cm³/mol. The first-order chi connectivity index (χ1) is 9.95. The number of aromatic nitrogens is 2. The van der Waals surface area contributed by atoms with Crippen LogP contribution in [0, 0.1) is 6.92 Å². The van der Waals surface area contributed by atoms with Crippen LogP contribution in [-0.4, -0.2) is 29.1 Å². The Morgan fingerprint density at radius 1 is 1.05 bits per heavy atom. The molecule has 1 aromatic heterocycles. The van der Waals surface area contributed by atoms with Gasteiger partial charge in [-0.1, -0.05) is 29.8 Å². The number of hydrogen-bond donors (Lipinski definition) is 2. The van der Waals surface area contributed by atoms with E-state index in [0.717, 1.165) is 12.7 Å². The van der Waals surface area contributed by atoms with Gasteiger partial charge in [-0.05, 0) is 6.92 Å². The molecular weight excluding hydrogens is 276 g/mol. The number of carbonyl (C=O) groups is 2. The van der Waals surface area contributed by atoms with Crippen molar-refractivity contribution in [3.05, 3.63) is 67.2 Å². The van der Waals surface area contributed by atoms with Gasteiger partial charge in [0.1, 0.15) is 5.56 Å². The van der Waals surface area contributed by atoms with Gasteiger partial charge in [-0.2, -0.15) is 0 Å². The Morgan fingerprint density at radius 3 is 2.24 bits per heavy atom. The molecule has 0 bridgehead atoms. The van der Waals surface area contributed by atoms with Crippen molar-refractivity contribution < 1.29 is 14.3 Å². The lowest BCUT2D eigenvalue weighted by Gasteiger charge is -2.06. The molecular formula is C14H12N2O5. The van der Waals surface area contributed by atoms with Crippen LogP contribution in [0.2, 0.25) is 0 Å². The van der Waals surface area contributed by atoms with Gasteiger partial charge in [0.15, 0.2) is 11.5 Å². The summed E-state index contributed by atoms with van der Waals surface area (Å²) in [6.07, 6.45) is 0. The first-order valence-electron chi connectivity index (χ1n) is 6.00. The number of carbonyl (C=O) groups excluding carboxylic acids is 2. The minimum atomic E-state index is -1.08. The van der Waals surface area contributed by atoms with Crippen LogP contribution in [0.15, 0.2) is 33.9 Å². The van der Waals surface area contributed by atoms with E-state index >= 15 is 0 Å². The number of H-pyrrole nitrogens is 2. The number of ether oxygens (including phenoxy) is 1. The van der Waals surface area contributed by atoms with Gasteiger partial charge in [-0.25, -0.2) is 4.79 Å². The molecule has 0 aliphatic heterocycles. The van der Waals surface area contributed by atoms with Crippen LogP contribution in [0.4, 0.5) is 0 Å². The number of aromatic amines is 2. The Hall–Kier alpha value is -2.96. The Labute approximate surface area is 118 Å². The summed E-state index contributed by atoms with van der Waals surface area (Å²) in [6.45, 7) is 1.84. The Bertz CT molecular complexity index is 814. The first-order valence-corrected chi connectivity index (χ1v) is 6.00. The molecule has 1 aromatic carbocycles. The van der Waals surface area contributed by atoms with Gasteiger partial charge in [-0.15, -0.1) is 0 Å². The topological polar surface area (TPSA) is 109 Å². The predicted octanol–water partition coefficient (Wildman–Crippen LogP) is 0.389. The van der Waals surface area contributed by atoms with E-state index < -0.39 is 28.3 Å². The van der Waals surface area contributed by atoms with Crippen molar-refractivity contribution in [3.8, 4) is 0 Å². The normalized spacial score (nSPS) is 10.2. The summed E-state index contributed by atoms with van der Waals surface area (Å²) in [6, 6.07) is 6.40. The van der Waals surface area contributed by atoms with Gasteiger partial charge < -0.3 is 4.74 Å². The van der Waals surface area contributed by atoms with Crippen molar-refractivity contribution >= 4 is 11.8 Å². The lowest BCUT2D eigenvalue weighted by molar-refractivity contribution is 0.0589. The lowest BCUT2D eigenvalue weighted by Crippen LogP contribution is -2.36. The van der Waals surface area contributed by atoms with Crippen molar-refractivity contribution in [3.63, 3.8) is 0 Å². The highest BCUT2D eigenvalue weighted by Gasteiger charge is 2.24. The molecule has 7 heteroatoms. The minimum absolute atomic E-state index is 0.196. The fourth-order valence-corrected chi connectivity index (χ4v) is 1.79. The minimum Gasteiger partial charge on any atom is -0.464 e. The van der Waals surface area contributed by atoms with Crippen molar-refractivity contribution in [1.29, 1.82) is 0 Å². The van der Waals surface area contributed by atoms with Gasteiger partial charge in [0, 0.05) is 5.56 Å². The fourth-order valence-electron chi connectivity index (χ4n) is 1.79. The molecule has 0 spiro atoms. The highest BCUT2D eigenvalue weighted by Crippen LogP contribution is 2.10. The zero-order valence-electron chi connectivity index (χ0n) is 11.4. The average molecular weight is 288 g/mol. The first kappa shape index (κ1) is 14.4. The molecule has 108 valence electrons. The molecule has 0 amide bonds. The Kier molecular flexibility index (Phi) is 3.84. The molecule has 0 saturated heterocycles. The molecule has 0 saturated carbocycles. The van der Waals surface area contributed by atoms with Gasteiger partial charge >= 0.3 is 11.5 Å². The standard InChI is InChI=1S/C14H12N2O5/c1-7-3-5-8(6-4-7)11(17)9-10(14(20)21-2)15-16-13(19)12(9)18/h3-6H,1-2H3,(H,15,18)(H,16,19). The number of benzene rings is 1. The van der Waals surface area contributed by atoms with Crippen molar-refractivity contribution in [2.24, 2.45) is 0 Å². The number of rotatable bonds is 3. The summed E-state index contributed by atoms with van der Waals surface area (Å²) in [5, 5.41) is 4.22. The molecule has 7 nitrogen and oxygen atoms in total. The smallest absolute Gasteiger partial charge is 0.356 e. The third-order valence-electron chi connectivity index (χ3n) is 2.91. The van der Waals surface area contributed by atoms with E-state index in [2.05, 4.69) is 9.84 Å². The zero-order valence-corrected chi connectivity index (χ0v) is 11.4.